The molecule has 3 rings (SSSR count). The Morgan fingerprint density at radius 2 is 1.92 bits per heavy atom. The molecule has 126 valence electrons. The molecule has 1 aromatic heterocycles. The second-order valence-electron chi connectivity index (χ2n) is 5.23. The molecule has 0 spiro atoms. The third-order valence-corrected chi connectivity index (χ3v) is 3.43. The van der Waals surface area contributed by atoms with Crippen LogP contribution in [0.25, 0.3) is 11.1 Å². The molecule has 0 saturated carbocycles. The predicted molar refractivity (Wildman–Crippen MR) is 91.5 cm³/mol. The number of carbonyl (C=O) groups is 2. The van der Waals surface area contributed by atoms with E-state index in [1.807, 2.05) is 12.1 Å². The summed E-state index contributed by atoms with van der Waals surface area (Å²) in [7, 11) is 0. The third kappa shape index (κ3) is 4.23. The molecule has 3 aromatic rings. The fraction of sp³-hybridized carbons (Fsp3) is 0.0556. The van der Waals surface area contributed by atoms with Crippen molar-refractivity contribution in [3.63, 3.8) is 0 Å². The van der Waals surface area contributed by atoms with Gasteiger partial charge < -0.3 is 15.2 Å². The van der Waals surface area contributed by atoms with Crippen LogP contribution in [0, 0.1) is 0 Å². The van der Waals surface area contributed by atoms with Gasteiger partial charge in [0.1, 0.15) is 5.75 Å². The SMILES string of the molecule is O=C(O)COc1cccc(C(=O)Nc2ccc(-c3cn[nH]c3)cc2)c1. The molecule has 2 aromatic carbocycles. The lowest BCUT2D eigenvalue weighted by Gasteiger charge is -2.08. The van der Waals surface area contributed by atoms with Crippen LogP contribution in [-0.4, -0.2) is 33.8 Å². The number of carboxylic acid groups (broad SMARTS) is 1. The van der Waals surface area contributed by atoms with Gasteiger partial charge in [-0.05, 0) is 35.9 Å². The van der Waals surface area contributed by atoms with Gasteiger partial charge in [0.15, 0.2) is 6.61 Å². The molecule has 3 N–H and O–H groups in total. The topological polar surface area (TPSA) is 104 Å². The van der Waals surface area contributed by atoms with Crippen molar-refractivity contribution in [3.05, 3.63) is 66.5 Å². The summed E-state index contributed by atoms with van der Waals surface area (Å²) in [4.78, 5) is 22.9. The monoisotopic (exact) mass is 337 g/mol. The Kier molecular flexibility index (Phi) is 4.75. The molecule has 1 heterocycles. The molecule has 0 bridgehead atoms. The van der Waals surface area contributed by atoms with Crippen molar-refractivity contribution in [2.45, 2.75) is 0 Å². The van der Waals surface area contributed by atoms with E-state index in [-0.39, 0.29) is 5.91 Å². The molecule has 0 atom stereocenters. The van der Waals surface area contributed by atoms with E-state index in [1.165, 1.54) is 6.07 Å². The van der Waals surface area contributed by atoms with Crippen LogP contribution in [0.5, 0.6) is 5.75 Å². The van der Waals surface area contributed by atoms with Gasteiger partial charge in [-0.25, -0.2) is 4.79 Å². The summed E-state index contributed by atoms with van der Waals surface area (Å²) >= 11 is 0. The van der Waals surface area contributed by atoms with Gasteiger partial charge in [-0.3, -0.25) is 9.89 Å². The van der Waals surface area contributed by atoms with Gasteiger partial charge in [0.2, 0.25) is 0 Å². The fourth-order valence-corrected chi connectivity index (χ4v) is 2.23. The van der Waals surface area contributed by atoms with Crippen LogP contribution in [0.15, 0.2) is 60.9 Å². The van der Waals surface area contributed by atoms with Crippen molar-refractivity contribution < 1.29 is 19.4 Å². The number of aromatic nitrogens is 2. The van der Waals surface area contributed by atoms with E-state index in [4.69, 9.17) is 9.84 Å². The quantitative estimate of drug-likeness (QED) is 0.641. The zero-order chi connectivity index (χ0) is 17.6. The Labute approximate surface area is 143 Å². The summed E-state index contributed by atoms with van der Waals surface area (Å²) in [6.07, 6.45) is 3.51. The molecule has 25 heavy (non-hydrogen) atoms. The normalized spacial score (nSPS) is 10.2. The van der Waals surface area contributed by atoms with Crippen molar-refractivity contribution in [2.75, 3.05) is 11.9 Å². The van der Waals surface area contributed by atoms with Crippen molar-refractivity contribution in [2.24, 2.45) is 0 Å². The molecule has 0 aliphatic carbocycles. The zero-order valence-electron chi connectivity index (χ0n) is 13.1. The van der Waals surface area contributed by atoms with Crippen molar-refractivity contribution in [3.8, 4) is 16.9 Å². The first kappa shape index (κ1) is 16.3. The number of nitrogens with one attached hydrogen (secondary N) is 2. The minimum atomic E-state index is -1.08. The van der Waals surface area contributed by atoms with Gasteiger partial charge in [0, 0.05) is 23.0 Å². The van der Waals surface area contributed by atoms with Gasteiger partial charge in [0.05, 0.1) is 6.20 Å². The molecule has 0 fully saturated rings. The number of hydrogen-bond donors (Lipinski definition) is 3. The Hall–Kier alpha value is -3.61. The molecule has 7 nitrogen and oxygen atoms in total. The maximum absolute atomic E-state index is 12.3. The molecule has 0 radical (unpaired) electrons. The van der Waals surface area contributed by atoms with E-state index in [0.29, 0.717) is 17.0 Å². The third-order valence-electron chi connectivity index (χ3n) is 3.43. The number of amides is 1. The number of ether oxygens (including phenoxy) is 1. The number of aromatic amines is 1. The number of benzene rings is 2. The average Bonchev–Trinajstić information content (AvgIpc) is 3.15. The average molecular weight is 337 g/mol. The Bertz CT molecular complexity index is 874. The molecule has 7 heteroatoms. The van der Waals surface area contributed by atoms with Gasteiger partial charge >= 0.3 is 5.97 Å². The minimum Gasteiger partial charge on any atom is -0.482 e. The van der Waals surface area contributed by atoms with Gasteiger partial charge in [-0.1, -0.05) is 18.2 Å². The molecular formula is C18H15N3O4. The van der Waals surface area contributed by atoms with E-state index < -0.39 is 12.6 Å². The Morgan fingerprint density at radius 1 is 1.12 bits per heavy atom. The van der Waals surface area contributed by atoms with Crippen LogP contribution in [0.2, 0.25) is 0 Å². The number of nitrogens with zero attached hydrogens (tertiary/aromatic N) is 1. The Balaban J connectivity index is 1.67. The van der Waals surface area contributed by atoms with E-state index in [1.54, 1.807) is 42.7 Å². The largest absolute Gasteiger partial charge is 0.482 e. The van der Waals surface area contributed by atoms with Crippen LogP contribution in [-0.2, 0) is 4.79 Å². The van der Waals surface area contributed by atoms with E-state index in [2.05, 4.69) is 15.5 Å². The number of anilines is 1. The van der Waals surface area contributed by atoms with Crippen molar-refractivity contribution >= 4 is 17.6 Å². The van der Waals surface area contributed by atoms with Crippen LogP contribution < -0.4 is 10.1 Å². The lowest BCUT2D eigenvalue weighted by Crippen LogP contribution is -2.13. The smallest absolute Gasteiger partial charge is 0.341 e. The molecular weight excluding hydrogens is 322 g/mol. The number of carboxylic acids is 1. The van der Waals surface area contributed by atoms with E-state index in [9.17, 15) is 9.59 Å². The lowest BCUT2D eigenvalue weighted by atomic mass is 10.1. The highest BCUT2D eigenvalue weighted by molar-refractivity contribution is 6.04. The number of rotatable bonds is 6. The molecule has 0 aliphatic rings. The first-order valence-electron chi connectivity index (χ1n) is 7.47. The first-order valence-corrected chi connectivity index (χ1v) is 7.47. The minimum absolute atomic E-state index is 0.308. The predicted octanol–water partition coefficient (Wildman–Crippen LogP) is 2.79. The highest BCUT2D eigenvalue weighted by Crippen LogP contribution is 2.21. The van der Waals surface area contributed by atoms with Crippen LogP contribution >= 0.6 is 0 Å². The highest BCUT2D eigenvalue weighted by Gasteiger charge is 2.08. The summed E-state index contributed by atoms with van der Waals surface area (Å²) in [6.45, 7) is -0.458. The van der Waals surface area contributed by atoms with Gasteiger partial charge in [0.25, 0.3) is 5.91 Å². The first-order chi connectivity index (χ1) is 12.1. The van der Waals surface area contributed by atoms with Crippen LogP contribution in [0.3, 0.4) is 0 Å². The molecule has 0 saturated heterocycles. The molecule has 0 aliphatic heterocycles. The van der Waals surface area contributed by atoms with Crippen LogP contribution in [0.4, 0.5) is 5.69 Å². The lowest BCUT2D eigenvalue weighted by molar-refractivity contribution is -0.139. The summed E-state index contributed by atoms with van der Waals surface area (Å²) in [6, 6.07) is 13.7. The zero-order valence-corrected chi connectivity index (χ0v) is 13.1. The maximum atomic E-state index is 12.3. The highest BCUT2D eigenvalue weighted by atomic mass is 16.5. The Morgan fingerprint density at radius 3 is 2.60 bits per heavy atom. The fourth-order valence-electron chi connectivity index (χ4n) is 2.23. The second kappa shape index (κ2) is 7.31. The summed E-state index contributed by atoms with van der Waals surface area (Å²) < 4.78 is 5.08. The number of aliphatic carboxylic acids is 1. The van der Waals surface area contributed by atoms with E-state index in [0.717, 1.165) is 11.1 Å². The van der Waals surface area contributed by atoms with Crippen molar-refractivity contribution in [1.82, 2.24) is 10.2 Å². The summed E-state index contributed by atoms with van der Waals surface area (Å²) in [5, 5.41) is 18.1. The standard InChI is InChI=1S/C18H15N3O4/c22-17(23)11-25-16-3-1-2-13(8-16)18(24)21-15-6-4-12(5-7-15)14-9-19-20-10-14/h1-10H,11H2,(H,19,20)(H,21,24)(H,22,23). The number of hydrogen-bond acceptors (Lipinski definition) is 4. The number of carbonyl (C=O) groups excluding carboxylic acids is 1. The summed E-state index contributed by atoms with van der Waals surface area (Å²) in [5.41, 5.74) is 2.97. The van der Waals surface area contributed by atoms with Crippen molar-refractivity contribution in [1.29, 1.82) is 0 Å². The molecule has 0 unspecified atom stereocenters. The number of H-pyrrole nitrogens is 1. The van der Waals surface area contributed by atoms with Gasteiger partial charge in [-0.2, -0.15) is 5.10 Å². The second-order valence-corrected chi connectivity index (χ2v) is 5.23. The van der Waals surface area contributed by atoms with E-state index >= 15 is 0 Å². The van der Waals surface area contributed by atoms with Crippen LogP contribution in [0.1, 0.15) is 10.4 Å². The van der Waals surface area contributed by atoms with Gasteiger partial charge in [-0.15, -0.1) is 0 Å². The molecule has 1 amide bonds. The maximum Gasteiger partial charge on any atom is 0.341 e. The summed E-state index contributed by atoms with van der Waals surface area (Å²) in [5.74, 6) is -1.06.